The Morgan fingerprint density at radius 2 is 1.64 bits per heavy atom. The molecule has 0 radical (unpaired) electrons. The summed E-state index contributed by atoms with van der Waals surface area (Å²) in [6, 6.07) is 19.3. The van der Waals surface area contributed by atoms with Crippen LogP contribution in [0.15, 0.2) is 54.6 Å². The van der Waals surface area contributed by atoms with Crippen LogP contribution in [0.1, 0.15) is 49.7 Å². The molecule has 6 heteroatoms. The minimum Gasteiger partial charge on any atom is -0.497 e. The Hall–Kier alpha value is -2.57. The van der Waals surface area contributed by atoms with Crippen LogP contribution in [0.4, 0.5) is 4.79 Å². The molecule has 0 unspecified atom stereocenters. The maximum absolute atomic E-state index is 13.9. The predicted octanol–water partition coefficient (Wildman–Crippen LogP) is 5.13. The second-order valence-electron chi connectivity index (χ2n) is 11.2. The van der Waals surface area contributed by atoms with Gasteiger partial charge in [-0.2, -0.15) is 0 Å². The molecular weight excluding hydrogens is 450 g/mol. The molecule has 2 amide bonds. The zero-order valence-corrected chi connectivity index (χ0v) is 22.1. The minimum atomic E-state index is -0.101. The Balaban J connectivity index is 1.39. The van der Waals surface area contributed by atoms with Gasteiger partial charge in [0.25, 0.3) is 0 Å². The summed E-state index contributed by atoms with van der Waals surface area (Å²) in [6.45, 7) is 3.92. The second-order valence-corrected chi connectivity index (χ2v) is 11.2. The topological polar surface area (TPSA) is 45.2 Å². The number of carbonyl (C=O) groups excluding carboxylic acids is 1. The molecule has 6 nitrogen and oxygen atoms in total. The van der Waals surface area contributed by atoms with Gasteiger partial charge >= 0.3 is 6.03 Å². The molecule has 0 atom stereocenters. The number of ether oxygens (including phenoxy) is 2. The zero-order valence-electron chi connectivity index (χ0n) is 22.1. The zero-order chi connectivity index (χ0) is 25.2. The van der Waals surface area contributed by atoms with Crippen molar-refractivity contribution in [3.63, 3.8) is 0 Å². The lowest BCUT2D eigenvalue weighted by Crippen LogP contribution is -2.56. The van der Waals surface area contributed by atoms with E-state index in [9.17, 15) is 4.79 Å². The van der Waals surface area contributed by atoms with Gasteiger partial charge in [-0.05, 0) is 81.8 Å². The number of nitrogens with zero attached hydrogens (tertiary/aromatic N) is 3. The van der Waals surface area contributed by atoms with E-state index in [-0.39, 0.29) is 17.1 Å². The fourth-order valence-electron chi connectivity index (χ4n) is 6.72. The number of amides is 2. The fraction of sp³-hybridized carbons (Fsp3) is 0.567. The highest BCUT2D eigenvalue weighted by atomic mass is 16.5. The molecule has 2 aromatic rings. The van der Waals surface area contributed by atoms with Crippen LogP contribution in [0.25, 0.3) is 0 Å². The van der Waals surface area contributed by atoms with Crippen molar-refractivity contribution >= 4 is 6.03 Å². The van der Waals surface area contributed by atoms with Crippen molar-refractivity contribution in [3.8, 4) is 5.75 Å². The highest BCUT2D eigenvalue weighted by Crippen LogP contribution is 2.49. The highest BCUT2D eigenvalue weighted by molar-refractivity contribution is 5.78. The van der Waals surface area contributed by atoms with E-state index in [1.807, 2.05) is 12.1 Å². The van der Waals surface area contributed by atoms with Gasteiger partial charge in [0.1, 0.15) is 5.75 Å². The molecule has 0 aromatic heterocycles. The number of urea groups is 1. The molecular formula is C30H41N3O3. The minimum absolute atomic E-state index is 0.0172. The van der Waals surface area contributed by atoms with Crippen molar-refractivity contribution in [2.75, 3.05) is 47.5 Å². The summed E-state index contributed by atoms with van der Waals surface area (Å²) in [4.78, 5) is 20.7. The van der Waals surface area contributed by atoms with E-state index >= 15 is 0 Å². The lowest BCUT2D eigenvalue weighted by molar-refractivity contribution is 0.00708. The van der Waals surface area contributed by atoms with Crippen LogP contribution in [0.5, 0.6) is 5.75 Å². The maximum atomic E-state index is 13.9. The van der Waals surface area contributed by atoms with Crippen molar-refractivity contribution in [1.29, 1.82) is 0 Å². The summed E-state index contributed by atoms with van der Waals surface area (Å²) in [7, 11) is 6.10. The first-order valence-electron chi connectivity index (χ1n) is 13.5. The van der Waals surface area contributed by atoms with E-state index in [0.29, 0.717) is 12.5 Å². The fourth-order valence-corrected chi connectivity index (χ4v) is 6.72. The maximum Gasteiger partial charge on any atom is 0.320 e. The molecule has 3 fully saturated rings. The standard InChI is InChI=1S/C30H41N3O3/c1-31(2)30(26-7-5-4-6-8-26)17-15-29(16-18-30)23-32(21-24-9-11-27(35-3)12-10-24)28(34)33(29)22-25-13-19-36-20-14-25/h4-12,25H,13-23H2,1-3H3. The van der Waals surface area contributed by atoms with E-state index in [2.05, 4.69) is 71.3 Å². The number of carbonyl (C=O) groups is 1. The normalized spacial score (nSPS) is 27.3. The van der Waals surface area contributed by atoms with Crippen molar-refractivity contribution in [3.05, 3.63) is 65.7 Å². The SMILES string of the molecule is COc1ccc(CN2CC3(CCC(c4ccccc4)(N(C)C)CC3)N(CC3CCOCC3)C2=O)cc1. The molecule has 36 heavy (non-hydrogen) atoms. The second kappa shape index (κ2) is 10.4. The van der Waals surface area contributed by atoms with Crippen LogP contribution in [-0.4, -0.2) is 73.8 Å². The Morgan fingerprint density at radius 1 is 0.972 bits per heavy atom. The predicted molar refractivity (Wildman–Crippen MR) is 142 cm³/mol. The van der Waals surface area contributed by atoms with E-state index < -0.39 is 0 Å². The molecule has 3 aliphatic rings. The van der Waals surface area contributed by atoms with E-state index in [4.69, 9.17) is 9.47 Å². The molecule has 2 aromatic carbocycles. The van der Waals surface area contributed by atoms with Gasteiger partial charge in [-0.1, -0.05) is 42.5 Å². The molecule has 0 bridgehead atoms. The van der Waals surface area contributed by atoms with Gasteiger partial charge in [0.15, 0.2) is 0 Å². The van der Waals surface area contributed by atoms with Crippen LogP contribution in [0, 0.1) is 5.92 Å². The third-order valence-corrected chi connectivity index (χ3v) is 9.05. The number of methoxy groups -OCH3 is 1. The summed E-state index contributed by atoms with van der Waals surface area (Å²) in [5.41, 5.74) is 2.45. The number of hydrogen-bond donors (Lipinski definition) is 0. The molecule has 2 aliphatic heterocycles. The third-order valence-electron chi connectivity index (χ3n) is 9.05. The van der Waals surface area contributed by atoms with Gasteiger partial charge in [0.05, 0.1) is 12.6 Å². The van der Waals surface area contributed by atoms with Crippen molar-refractivity contribution in [2.24, 2.45) is 5.92 Å². The Morgan fingerprint density at radius 3 is 2.25 bits per heavy atom. The number of rotatable bonds is 7. The molecule has 2 saturated heterocycles. The van der Waals surface area contributed by atoms with Crippen LogP contribution in [0.2, 0.25) is 0 Å². The lowest BCUT2D eigenvalue weighted by Gasteiger charge is -2.51. The Kier molecular flexibility index (Phi) is 7.27. The Bertz CT molecular complexity index is 1010. The van der Waals surface area contributed by atoms with Crippen molar-refractivity contribution < 1.29 is 14.3 Å². The average Bonchev–Trinajstić information content (AvgIpc) is 3.16. The van der Waals surface area contributed by atoms with Gasteiger partial charge in [-0.15, -0.1) is 0 Å². The van der Waals surface area contributed by atoms with Gasteiger partial charge in [-0.3, -0.25) is 4.90 Å². The van der Waals surface area contributed by atoms with Gasteiger partial charge in [-0.25, -0.2) is 4.79 Å². The summed E-state index contributed by atoms with van der Waals surface area (Å²) in [5.74, 6) is 1.37. The largest absolute Gasteiger partial charge is 0.497 e. The highest BCUT2D eigenvalue weighted by Gasteiger charge is 2.54. The quantitative estimate of drug-likeness (QED) is 0.539. The number of benzene rings is 2. The molecule has 194 valence electrons. The molecule has 5 rings (SSSR count). The first kappa shape index (κ1) is 25.1. The van der Waals surface area contributed by atoms with Gasteiger partial charge < -0.3 is 19.3 Å². The van der Waals surface area contributed by atoms with Crippen LogP contribution in [-0.2, 0) is 16.8 Å². The first-order chi connectivity index (χ1) is 17.5. The molecule has 1 spiro atoms. The summed E-state index contributed by atoms with van der Waals surface area (Å²) in [6.07, 6.45) is 6.24. The van der Waals surface area contributed by atoms with E-state index in [1.165, 1.54) is 5.56 Å². The van der Waals surface area contributed by atoms with Crippen LogP contribution < -0.4 is 4.74 Å². The van der Waals surface area contributed by atoms with Crippen LogP contribution in [0.3, 0.4) is 0 Å². The number of hydrogen-bond acceptors (Lipinski definition) is 4. The lowest BCUT2D eigenvalue weighted by atomic mass is 9.68. The first-order valence-corrected chi connectivity index (χ1v) is 13.5. The average molecular weight is 492 g/mol. The van der Waals surface area contributed by atoms with Gasteiger partial charge in [0, 0.05) is 38.4 Å². The van der Waals surface area contributed by atoms with E-state index in [1.54, 1.807) is 7.11 Å². The smallest absolute Gasteiger partial charge is 0.320 e. The molecule has 2 heterocycles. The monoisotopic (exact) mass is 491 g/mol. The third kappa shape index (κ3) is 4.73. The van der Waals surface area contributed by atoms with Gasteiger partial charge in [0.2, 0.25) is 0 Å². The molecule has 1 aliphatic carbocycles. The summed E-state index contributed by atoms with van der Waals surface area (Å²) >= 11 is 0. The summed E-state index contributed by atoms with van der Waals surface area (Å²) < 4.78 is 10.9. The molecule has 0 N–H and O–H groups in total. The summed E-state index contributed by atoms with van der Waals surface area (Å²) in [5, 5.41) is 0. The van der Waals surface area contributed by atoms with Crippen LogP contribution >= 0.6 is 0 Å². The Labute approximate surface area is 216 Å². The molecule has 1 saturated carbocycles. The van der Waals surface area contributed by atoms with Crippen molar-refractivity contribution in [2.45, 2.75) is 56.1 Å². The van der Waals surface area contributed by atoms with Crippen molar-refractivity contribution in [1.82, 2.24) is 14.7 Å². The van der Waals surface area contributed by atoms with E-state index in [0.717, 1.165) is 76.1 Å².